The van der Waals surface area contributed by atoms with Crippen molar-refractivity contribution in [1.29, 1.82) is 0 Å². The van der Waals surface area contributed by atoms with E-state index >= 15 is 0 Å². The van der Waals surface area contributed by atoms with Crippen molar-refractivity contribution in [3.05, 3.63) is 155 Å². The zero-order chi connectivity index (χ0) is 28.3. The SMILES string of the molecule is CC(=O)c1cc(CN(Cc2ccccn2)Cc2ccccn2)cc(CN(Cc2ccccn2)Cc2ccccn2)c1. The third-order valence-electron chi connectivity index (χ3n) is 6.72. The minimum absolute atomic E-state index is 0.0510. The lowest BCUT2D eigenvalue weighted by Gasteiger charge is -2.24. The highest BCUT2D eigenvalue weighted by Gasteiger charge is 2.15. The van der Waals surface area contributed by atoms with Crippen LogP contribution in [0.3, 0.4) is 0 Å². The summed E-state index contributed by atoms with van der Waals surface area (Å²) in [7, 11) is 0. The maximum atomic E-state index is 12.6. The summed E-state index contributed by atoms with van der Waals surface area (Å²) < 4.78 is 0. The molecule has 0 aliphatic heterocycles. The highest BCUT2D eigenvalue weighted by Crippen LogP contribution is 2.19. The predicted octanol–water partition coefficient (Wildman–Crippen LogP) is 5.87. The molecule has 0 aliphatic rings. The molecular formula is C34H34N6O. The van der Waals surface area contributed by atoms with Crippen LogP contribution in [0.1, 0.15) is 51.2 Å². The van der Waals surface area contributed by atoms with Crippen LogP contribution in [-0.4, -0.2) is 35.5 Å². The molecule has 1 aromatic carbocycles. The van der Waals surface area contributed by atoms with Gasteiger partial charge in [-0.25, -0.2) is 0 Å². The first-order valence-corrected chi connectivity index (χ1v) is 13.8. The molecule has 0 saturated carbocycles. The highest BCUT2D eigenvalue weighted by molar-refractivity contribution is 5.94. The summed E-state index contributed by atoms with van der Waals surface area (Å²) >= 11 is 0. The lowest BCUT2D eigenvalue weighted by atomic mass is 10.0. The summed E-state index contributed by atoms with van der Waals surface area (Å²) in [6.45, 7) is 5.61. The molecular weight excluding hydrogens is 508 g/mol. The average molecular weight is 543 g/mol. The third kappa shape index (κ3) is 8.70. The largest absolute Gasteiger partial charge is 0.295 e. The van der Waals surface area contributed by atoms with Gasteiger partial charge in [0.15, 0.2) is 5.78 Å². The molecule has 0 aliphatic carbocycles. The fourth-order valence-corrected chi connectivity index (χ4v) is 4.88. The van der Waals surface area contributed by atoms with E-state index in [0.29, 0.717) is 44.8 Å². The minimum atomic E-state index is 0.0510. The van der Waals surface area contributed by atoms with Gasteiger partial charge in [0, 0.05) is 69.6 Å². The molecule has 0 spiro atoms. The Labute approximate surface area is 241 Å². The molecule has 0 radical (unpaired) electrons. The van der Waals surface area contributed by atoms with E-state index in [4.69, 9.17) is 0 Å². The van der Waals surface area contributed by atoms with Crippen LogP contribution in [0.25, 0.3) is 0 Å². The standard InChI is InChI=1S/C34H34N6O/c1-27(41)30-19-28(21-39(23-31-10-2-6-14-35-31)24-32-11-3-7-15-36-32)18-29(20-30)22-40(25-33-12-4-8-16-37-33)26-34-13-5-9-17-38-34/h2-20H,21-26H2,1H3. The van der Waals surface area contributed by atoms with Gasteiger partial charge in [0.05, 0.1) is 22.8 Å². The van der Waals surface area contributed by atoms with Crippen molar-refractivity contribution in [2.24, 2.45) is 0 Å². The number of hydrogen-bond donors (Lipinski definition) is 0. The molecule has 0 unspecified atom stereocenters. The first-order valence-electron chi connectivity index (χ1n) is 13.8. The Bertz CT molecular complexity index is 1320. The van der Waals surface area contributed by atoms with Crippen molar-refractivity contribution < 1.29 is 4.79 Å². The molecule has 7 nitrogen and oxygen atoms in total. The fraction of sp³-hybridized carbons (Fsp3) is 0.206. The van der Waals surface area contributed by atoms with Crippen LogP contribution in [0.2, 0.25) is 0 Å². The first kappa shape index (κ1) is 28.0. The fourth-order valence-electron chi connectivity index (χ4n) is 4.88. The predicted molar refractivity (Wildman–Crippen MR) is 159 cm³/mol. The number of carbonyl (C=O) groups is 1. The number of nitrogens with zero attached hydrogens (tertiary/aromatic N) is 6. The van der Waals surface area contributed by atoms with Gasteiger partial charge in [0.2, 0.25) is 0 Å². The zero-order valence-corrected chi connectivity index (χ0v) is 23.3. The molecule has 0 atom stereocenters. The second-order valence-electron chi connectivity index (χ2n) is 10.2. The second kappa shape index (κ2) is 14.2. The van der Waals surface area contributed by atoms with Crippen molar-refractivity contribution >= 4 is 5.78 Å². The lowest BCUT2D eigenvalue weighted by Crippen LogP contribution is -2.25. The third-order valence-corrected chi connectivity index (χ3v) is 6.72. The Balaban J connectivity index is 1.42. The lowest BCUT2D eigenvalue weighted by molar-refractivity contribution is 0.101. The molecule has 0 fully saturated rings. The second-order valence-corrected chi connectivity index (χ2v) is 10.2. The van der Waals surface area contributed by atoms with Gasteiger partial charge >= 0.3 is 0 Å². The minimum Gasteiger partial charge on any atom is -0.295 e. The Morgan fingerprint density at radius 3 is 1.12 bits per heavy atom. The molecule has 0 saturated heterocycles. The van der Waals surface area contributed by atoms with Crippen molar-refractivity contribution in [2.45, 2.75) is 46.2 Å². The number of rotatable bonds is 13. The van der Waals surface area contributed by atoms with Crippen LogP contribution in [0, 0.1) is 0 Å². The van der Waals surface area contributed by atoms with Crippen LogP contribution in [0.4, 0.5) is 0 Å². The summed E-state index contributed by atoms with van der Waals surface area (Å²) in [6, 6.07) is 30.1. The van der Waals surface area contributed by atoms with E-state index in [1.54, 1.807) is 6.92 Å². The van der Waals surface area contributed by atoms with Gasteiger partial charge in [0.1, 0.15) is 0 Å². The Morgan fingerprint density at radius 1 is 0.512 bits per heavy atom. The highest BCUT2D eigenvalue weighted by atomic mass is 16.1. The number of carbonyl (C=O) groups excluding carboxylic acids is 1. The number of aromatic nitrogens is 4. The Morgan fingerprint density at radius 2 is 0.854 bits per heavy atom. The van der Waals surface area contributed by atoms with E-state index < -0.39 is 0 Å². The quantitative estimate of drug-likeness (QED) is 0.172. The molecule has 5 rings (SSSR count). The molecule has 0 N–H and O–H groups in total. The number of hydrogen-bond acceptors (Lipinski definition) is 7. The Kier molecular flexibility index (Phi) is 9.66. The molecule has 0 bridgehead atoms. The van der Waals surface area contributed by atoms with E-state index in [2.05, 4.69) is 35.8 Å². The topological polar surface area (TPSA) is 75.1 Å². The van der Waals surface area contributed by atoms with Gasteiger partial charge < -0.3 is 0 Å². The van der Waals surface area contributed by atoms with Gasteiger partial charge in [-0.1, -0.05) is 30.3 Å². The number of Topliss-reactive ketones (excluding diaryl/α,β-unsaturated/α-hetero) is 1. The number of pyridine rings is 4. The van der Waals surface area contributed by atoms with Gasteiger partial charge in [-0.05, 0) is 78.7 Å². The summed E-state index contributed by atoms with van der Waals surface area (Å²) in [5.41, 5.74) is 6.83. The first-order chi connectivity index (χ1) is 20.1. The summed E-state index contributed by atoms with van der Waals surface area (Å²) in [4.78, 5) is 35.4. The van der Waals surface area contributed by atoms with E-state index in [1.165, 1.54) is 0 Å². The van der Waals surface area contributed by atoms with Crippen LogP contribution in [0.5, 0.6) is 0 Å². The maximum Gasteiger partial charge on any atom is 0.159 e. The van der Waals surface area contributed by atoms with Crippen molar-refractivity contribution in [3.8, 4) is 0 Å². The molecule has 7 heteroatoms. The van der Waals surface area contributed by atoms with Gasteiger partial charge in [0.25, 0.3) is 0 Å². The van der Waals surface area contributed by atoms with Crippen molar-refractivity contribution in [1.82, 2.24) is 29.7 Å². The van der Waals surface area contributed by atoms with Crippen LogP contribution in [-0.2, 0) is 39.3 Å². The van der Waals surface area contributed by atoms with Crippen LogP contribution < -0.4 is 0 Å². The van der Waals surface area contributed by atoms with Crippen LogP contribution in [0.15, 0.2) is 116 Å². The van der Waals surface area contributed by atoms with E-state index in [1.807, 2.05) is 110 Å². The molecule has 4 aromatic heterocycles. The van der Waals surface area contributed by atoms with Gasteiger partial charge in [-0.3, -0.25) is 34.5 Å². The molecule has 206 valence electrons. The zero-order valence-electron chi connectivity index (χ0n) is 23.3. The van der Waals surface area contributed by atoms with Gasteiger partial charge in [-0.2, -0.15) is 0 Å². The Hall–Kier alpha value is -4.59. The van der Waals surface area contributed by atoms with E-state index in [-0.39, 0.29) is 5.78 Å². The van der Waals surface area contributed by atoms with Crippen molar-refractivity contribution in [2.75, 3.05) is 0 Å². The molecule has 4 heterocycles. The number of benzene rings is 1. The number of ketones is 1. The summed E-state index contributed by atoms with van der Waals surface area (Å²) in [6.07, 6.45) is 7.28. The normalized spacial score (nSPS) is 11.2. The molecule has 41 heavy (non-hydrogen) atoms. The smallest absolute Gasteiger partial charge is 0.159 e. The average Bonchev–Trinajstić information content (AvgIpc) is 2.99. The molecule has 0 amide bonds. The van der Waals surface area contributed by atoms with E-state index in [9.17, 15) is 4.79 Å². The maximum absolute atomic E-state index is 12.6. The molecule has 5 aromatic rings. The summed E-state index contributed by atoms with van der Waals surface area (Å²) in [5.74, 6) is 0.0510. The van der Waals surface area contributed by atoms with E-state index in [0.717, 1.165) is 33.9 Å². The van der Waals surface area contributed by atoms with Crippen LogP contribution >= 0.6 is 0 Å². The summed E-state index contributed by atoms with van der Waals surface area (Å²) in [5, 5.41) is 0. The van der Waals surface area contributed by atoms with Crippen molar-refractivity contribution in [3.63, 3.8) is 0 Å². The van der Waals surface area contributed by atoms with Gasteiger partial charge in [-0.15, -0.1) is 0 Å². The monoisotopic (exact) mass is 542 g/mol.